The summed E-state index contributed by atoms with van der Waals surface area (Å²) in [5.74, 6) is -1.41. The number of rotatable bonds is 13. The van der Waals surface area contributed by atoms with Gasteiger partial charge in [-0.3, -0.25) is 4.79 Å². The zero-order valence-corrected chi connectivity index (χ0v) is 28.2. The number of methoxy groups -OCH3 is 1. The molecule has 0 fully saturated rings. The lowest BCUT2D eigenvalue weighted by Gasteiger charge is -2.43. The summed E-state index contributed by atoms with van der Waals surface area (Å²) >= 11 is 0. The minimum absolute atomic E-state index is 0.0218. The molecular weight excluding hydrogens is 618 g/mol. The molecule has 12 heteroatoms. The molecule has 3 N–H and O–H groups in total. The van der Waals surface area contributed by atoms with E-state index in [2.05, 4.69) is 36.4 Å². The SMILES string of the molecule is COC(=O)[C@H](CO[Si](c1ccccc1)(c1ccccc1)C(C)(C)C)NC(=O)c1nc([C@H](CO)NC(=O)OCc2ccccc2)oc1C. The van der Waals surface area contributed by atoms with Gasteiger partial charge in [0.15, 0.2) is 5.69 Å². The fraction of sp³-hybridized carbons (Fsp3) is 0.314. The largest absolute Gasteiger partial charge is 0.467 e. The number of ether oxygens (including phenoxy) is 2. The van der Waals surface area contributed by atoms with Crippen LogP contribution in [0.3, 0.4) is 0 Å². The van der Waals surface area contributed by atoms with Gasteiger partial charge >= 0.3 is 12.1 Å². The molecule has 4 rings (SSSR count). The van der Waals surface area contributed by atoms with E-state index in [1.54, 1.807) is 12.1 Å². The van der Waals surface area contributed by atoms with Gasteiger partial charge in [0.05, 0.1) is 20.3 Å². The molecule has 248 valence electrons. The molecule has 2 atom stereocenters. The second-order valence-corrected chi connectivity index (χ2v) is 16.2. The lowest BCUT2D eigenvalue weighted by Crippen LogP contribution is -2.67. The van der Waals surface area contributed by atoms with Gasteiger partial charge in [-0.05, 0) is 27.9 Å². The summed E-state index contributed by atoms with van der Waals surface area (Å²) in [6.45, 7) is 7.10. The fourth-order valence-corrected chi connectivity index (χ4v) is 9.95. The number of benzene rings is 3. The van der Waals surface area contributed by atoms with Gasteiger partial charge in [0, 0.05) is 0 Å². The van der Waals surface area contributed by atoms with Crippen LogP contribution in [0.4, 0.5) is 4.79 Å². The van der Waals surface area contributed by atoms with Gasteiger partial charge in [-0.2, -0.15) is 0 Å². The minimum Gasteiger partial charge on any atom is -0.467 e. The molecule has 0 aliphatic rings. The van der Waals surface area contributed by atoms with E-state index in [0.29, 0.717) is 0 Å². The molecule has 1 aromatic heterocycles. The third-order valence-corrected chi connectivity index (χ3v) is 12.7. The molecule has 0 radical (unpaired) electrons. The Hall–Kier alpha value is -4.78. The first-order chi connectivity index (χ1) is 22.5. The molecular formula is C35H41N3O8Si. The Kier molecular flexibility index (Phi) is 11.7. The maximum Gasteiger partial charge on any atom is 0.408 e. The molecule has 2 amide bonds. The van der Waals surface area contributed by atoms with Crippen molar-refractivity contribution in [1.29, 1.82) is 0 Å². The van der Waals surface area contributed by atoms with Crippen LogP contribution in [0.1, 0.15) is 54.5 Å². The number of hydrogen-bond acceptors (Lipinski definition) is 9. The number of nitrogens with one attached hydrogen (secondary N) is 2. The summed E-state index contributed by atoms with van der Waals surface area (Å²) in [5, 5.41) is 16.8. The Balaban J connectivity index is 1.53. The van der Waals surface area contributed by atoms with Crippen molar-refractivity contribution in [1.82, 2.24) is 15.6 Å². The number of oxazole rings is 1. The summed E-state index contributed by atoms with van der Waals surface area (Å²) < 4.78 is 22.8. The number of aromatic nitrogens is 1. The highest BCUT2D eigenvalue weighted by Crippen LogP contribution is 2.36. The Morgan fingerprint density at radius 2 is 1.45 bits per heavy atom. The Morgan fingerprint density at radius 3 is 1.96 bits per heavy atom. The van der Waals surface area contributed by atoms with Gasteiger partial charge in [0.1, 0.15) is 24.5 Å². The van der Waals surface area contributed by atoms with Gasteiger partial charge in [0.25, 0.3) is 14.2 Å². The lowest BCUT2D eigenvalue weighted by atomic mass is 10.2. The number of alkyl carbamates (subject to hydrolysis) is 1. The quantitative estimate of drug-likeness (QED) is 0.144. The van der Waals surface area contributed by atoms with Crippen LogP contribution in [0.2, 0.25) is 5.04 Å². The maximum absolute atomic E-state index is 13.5. The van der Waals surface area contributed by atoms with Crippen molar-refractivity contribution in [3.05, 3.63) is 114 Å². The Bertz CT molecular complexity index is 1590. The van der Waals surface area contributed by atoms with Crippen LogP contribution >= 0.6 is 0 Å². The molecule has 0 spiro atoms. The zero-order valence-electron chi connectivity index (χ0n) is 27.2. The second-order valence-electron chi connectivity index (χ2n) is 11.9. The van der Waals surface area contributed by atoms with Crippen LogP contribution in [0, 0.1) is 6.92 Å². The zero-order chi connectivity index (χ0) is 34.0. The fourth-order valence-electron chi connectivity index (χ4n) is 5.38. The van der Waals surface area contributed by atoms with Gasteiger partial charge in [0.2, 0.25) is 5.89 Å². The van der Waals surface area contributed by atoms with Crippen LogP contribution in [0.5, 0.6) is 0 Å². The number of aryl methyl sites for hydroxylation is 1. The van der Waals surface area contributed by atoms with Crippen molar-refractivity contribution >= 4 is 36.7 Å². The first-order valence-corrected chi connectivity index (χ1v) is 17.1. The molecule has 1 heterocycles. The Labute approximate surface area is 275 Å². The lowest BCUT2D eigenvalue weighted by molar-refractivity contribution is -0.143. The van der Waals surface area contributed by atoms with E-state index in [-0.39, 0.29) is 35.6 Å². The van der Waals surface area contributed by atoms with Gasteiger partial charge in [-0.15, -0.1) is 0 Å². The average Bonchev–Trinajstić information content (AvgIpc) is 3.47. The number of aliphatic hydroxyl groups is 1. The van der Waals surface area contributed by atoms with Crippen molar-refractivity contribution in [2.75, 3.05) is 20.3 Å². The maximum atomic E-state index is 13.5. The van der Waals surface area contributed by atoms with Crippen molar-refractivity contribution in [3.8, 4) is 0 Å². The van der Waals surface area contributed by atoms with Crippen molar-refractivity contribution in [2.24, 2.45) is 0 Å². The third kappa shape index (κ3) is 8.33. The highest BCUT2D eigenvalue weighted by Gasteiger charge is 2.50. The number of esters is 1. The minimum atomic E-state index is -3.05. The monoisotopic (exact) mass is 659 g/mol. The van der Waals surface area contributed by atoms with E-state index < -0.39 is 45.0 Å². The molecule has 3 aromatic carbocycles. The molecule has 0 saturated heterocycles. The standard InChI is InChI=1S/C35H41N3O8Si/c1-24-30(38-32(46-24)28(21-39)37-34(42)44-22-25-15-9-6-10-16-25)31(40)36-29(33(41)43-5)23-45-47(35(2,3)4,26-17-11-7-12-18-26)27-19-13-8-14-20-27/h6-20,28-29,39H,21-23H2,1-5H3,(H,36,40)(H,37,42)/t28-,29-/m0/s1. The number of hydrogen-bond donors (Lipinski definition) is 3. The highest BCUT2D eigenvalue weighted by atomic mass is 28.4. The van der Waals surface area contributed by atoms with E-state index >= 15 is 0 Å². The molecule has 0 aliphatic heterocycles. The molecule has 4 aromatic rings. The van der Waals surface area contributed by atoms with E-state index in [1.807, 2.05) is 78.9 Å². The second kappa shape index (κ2) is 15.7. The molecule has 0 bridgehead atoms. The molecule has 47 heavy (non-hydrogen) atoms. The van der Waals surface area contributed by atoms with Crippen LogP contribution < -0.4 is 21.0 Å². The van der Waals surface area contributed by atoms with Gasteiger partial charge in [-0.25, -0.2) is 14.6 Å². The van der Waals surface area contributed by atoms with Crippen LogP contribution in [-0.2, 0) is 25.3 Å². The van der Waals surface area contributed by atoms with Crippen LogP contribution in [0.15, 0.2) is 95.4 Å². The molecule has 0 aliphatic carbocycles. The normalized spacial score (nSPS) is 12.9. The first-order valence-electron chi connectivity index (χ1n) is 15.2. The van der Waals surface area contributed by atoms with Crippen LogP contribution in [-0.4, -0.2) is 62.7 Å². The number of nitrogens with zero attached hydrogens (tertiary/aromatic N) is 1. The summed E-state index contributed by atoms with van der Waals surface area (Å²) in [4.78, 5) is 43.2. The van der Waals surface area contributed by atoms with Crippen molar-refractivity contribution < 1.29 is 37.8 Å². The van der Waals surface area contributed by atoms with Crippen molar-refractivity contribution in [2.45, 2.75) is 51.4 Å². The first kappa shape index (κ1) is 35.1. The van der Waals surface area contributed by atoms with Crippen LogP contribution in [0.25, 0.3) is 0 Å². The topological polar surface area (TPSA) is 149 Å². The smallest absolute Gasteiger partial charge is 0.408 e. The molecule has 0 unspecified atom stereocenters. The Morgan fingerprint density at radius 1 is 0.894 bits per heavy atom. The third-order valence-electron chi connectivity index (χ3n) is 7.69. The summed E-state index contributed by atoms with van der Waals surface area (Å²) in [6, 6.07) is 26.6. The summed E-state index contributed by atoms with van der Waals surface area (Å²) in [5.41, 5.74) is 0.658. The summed E-state index contributed by atoms with van der Waals surface area (Å²) in [7, 11) is -1.81. The van der Waals surface area contributed by atoms with E-state index in [4.69, 9.17) is 18.3 Å². The van der Waals surface area contributed by atoms with E-state index in [0.717, 1.165) is 15.9 Å². The predicted octanol–water partition coefficient (Wildman–Crippen LogP) is 3.79. The average molecular weight is 660 g/mol. The van der Waals surface area contributed by atoms with Gasteiger partial charge < -0.3 is 34.1 Å². The number of aliphatic hydroxyl groups excluding tert-OH is 1. The highest BCUT2D eigenvalue weighted by molar-refractivity contribution is 6.99. The molecule has 11 nitrogen and oxygen atoms in total. The van der Waals surface area contributed by atoms with E-state index in [9.17, 15) is 19.5 Å². The predicted molar refractivity (Wildman–Crippen MR) is 178 cm³/mol. The number of carbonyl (C=O) groups is 3. The number of carbonyl (C=O) groups excluding carboxylic acids is 3. The van der Waals surface area contributed by atoms with Gasteiger partial charge in [-0.1, -0.05) is 112 Å². The number of amides is 2. The van der Waals surface area contributed by atoms with E-state index in [1.165, 1.54) is 14.0 Å². The molecule has 0 saturated carbocycles. The van der Waals surface area contributed by atoms with Crippen molar-refractivity contribution in [3.63, 3.8) is 0 Å². The summed E-state index contributed by atoms with van der Waals surface area (Å²) in [6.07, 6.45) is -0.805.